The number of phosphoric ester groups is 1. The van der Waals surface area contributed by atoms with Crippen LogP contribution >= 0.6 is 7.82 Å². The Hall–Kier alpha value is -0.830. The largest absolute Gasteiger partial charge is 0.473 e. The van der Waals surface area contributed by atoms with Gasteiger partial charge < -0.3 is 19.2 Å². The molecule has 0 aromatic carbocycles. The molecule has 10 heteroatoms. The summed E-state index contributed by atoms with van der Waals surface area (Å²) in [6, 6.07) is 0. The van der Waals surface area contributed by atoms with Gasteiger partial charge in [0.05, 0.1) is 34.4 Å². The molecule has 9 nitrogen and oxygen atoms in total. The number of carbonyl (C=O) groups is 2. The summed E-state index contributed by atoms with van der Waals surface area (Å²) in [4.78, 5) is 35.9. The molecular weight excluding hydrogens is 677 g/mol. The highest BCUT2D eigenvalue weighted by molar-refractivity contribution is 7.47. The second-order valence-corrected chi connectivity index (χ2v) is 17.7. The number of phosphoric acid groups is 1. The second kappa shape index (κ2) is 34.6. The summed E-state index contributed by atoms with van der Waals surface area (Å²) in [7, 11) is 1.01. The highest BCUT2D eigenvalue weighted by atomic mass is 31.2. The van der Waals surface area contributed by atoms with Crippen LogP contribution in [0.4, 0.5) is 0 Å². The van der Waals surface area contributed by atoms with Gasteiger partial charge in [0, 0.05) is 12.8 Å². The number of esters is 1. The minimum absolute atomic E-state index is 0.211. The first kappa shape index (κ1) is 51.2. The smallest absolute Gasteiger partial charge is 0.457 e. The number of rotatable bonds is 40. The zero-order valence-corrected chi connectivity index (χ0v) is 35.6. The van der Waals surface area contributed by atoms with Crippen LogP contribution in [-0.2, 0) is 27.9 Å². The SMILES string of the molecule is CCCCCCCCCCCCCCCCCC(=O)C(C[N+](C)(C)C)OP(=O)(O)OC[C@@H](CO)OC(=O)CCCCCCCCCCCCCCC. The molecule has 0 rings (SSSR count). The maximum Gasteiger partial charge on any atom is 0.473 e. The lowest BCUT2D eigenvalue weighted by atomic mass is 10.0. The molecule has 0 aliphatic heterocycles. The van der Waals surface area contributed by atoms with Crippen molar-refractivity contribution in [1.82, 2.24) is 0 Å². The van der Waals surface area contributed by atoms with E-state index in [1.165, 1.54) is 141 Å². The number of nitrogens with zero attached hydrogens (tertiary/aromatic N) is 1. The Morgan fingerprint density at radius 2 is 0.923 bits per heavy atom. The normalized spacial score (nSPS) is 14.3. The number of ether oxygens (including phenoxy) is 1. The first-order chi connectivity index (χ1) is 24.9. The number of aliphatic hydroxyl groups is 1. The number of quaternary nitrogens is 1. The third kappa shape index (κ3) is 34.9. The Bertz CT molecular complexity index is 881. The van der Waals surface area contributed by atoms with Crippen LogP contribution in [0.25, 0.3) is 0 Å². The minimum Gasteiger partial charge on any atom is -0.457 e. The summed E-state index contributed by atoms with van der Waals surface area (Å²) >= 11 is 0. The van der Waals surface area contributed by atoms with E-state index in [1.807, 2.05) is 21.1 Å². The summed E-state index contributed by atoms with van der Waals surface area (Å²) in [6.45, 7) is 3.66. The second-order valence-electron chi connectivity index (χ2n) is 16.3. The first-order valence-electron chi connectivity index (χ1n) is 21.7. The van der Waals surface area contributed by atoms with Gasteiger partial charge in [0.1, 0.15) is 12.6 Å². The lowest BCUT2D eigenvalue weighted by Gasteiger charge is -2.29. The van der Waals surface area contributed by atoms with Gasteiger partial charge in [-0.3, -0.25) is 18.6 Å². The number of ketones is 1. The molecular formula is C42H85NO8P+. The van der Waals surface area contributed by atoms with Crippen LogP contribution in [0, 0.1) is 0 Å². The van der Waals surface area contributed by atoms with Gasteiger partial charge in [0.15, 0.2) is 11.9 Å². The fourth-order valence-electron chi connectivity index (χ4n) is 6.55. The maximum atomic E-state index is 13.1. The van der Waals surface area contributed by atoms with Crippen molar-refractivity contribution in [3.8, 4) is 0 Å². The Morgan fingerprint density at radius 3 is 1.27 bits per heavy atom. The predicted octanol–water partition coefficient (Wildman–Crippen LogP) is 11.4. The van der Waals surface area contributed by atoms with Gasteiger partial charge in [-0.15, -0.1) is 0 Å². The van der Waals surface area contributed by atoms with Crippen molar-refractivity contribution in [3.05, 3.63) is 0 Å². The number of unbranched alkanes of at least 4 members (excludes halogenated alkanes) is 26. The molecule has 0 aliphatic carbocycles. The Balaban J connectivity index is 4.27. The van der Waals surface area contributed by atoms with Gasteiger partial charge in [0.25, 0.3) is 0 Å². The van der Waals surface area contributed by atoms with Crippen LogP contribution in [0.5, 0.6) is 0 Å². The molecule has 0 saturated carbocycles. The molecule has 0 radical (unpaired) electrons. The van der Waals surface area contributed by atoms with Gasteiger partial charge in [-0.2, -0.15) is 0 Å². The van der Waals surface area contributed by atoms with E-state index in [2.05, 4.69) is 13.8 Å². The highest BCUT2D eigenvalue weighted by Gasteiger charge is 2.35. The molecule has 0 bridgehead atoms. The van der Waals surface area contributed by atoms with Crippen LogP contribution in [0.3, 0.4) is 0 Å². The van der Waals surface area contributed by atoms with Crippen LogP contribution < -0.4 is 0 Å². The number of aliphatic hydroxyl groups excluding tert-OH is 1. The van der Waals surface area contributed by atoms with E-state index < -0.39 is 39.2 Å². The summed E-state index contributed by atoms with van der Waals surface area (Å²) in [6.07, 6.45) is 32.6. The number of hydrogen-bond acceptors (Lipinski definition) is 7. The standard InChI is InChI=1S/C42H84NO8P/c1-6-8-10-12-14-16-18-20-21-23-24-26-28-30-32-34-40(45)41(36-43(3,4)5)51-52(47,48)49-38-39(37-44)50-42(46)35-33-31-29-27-25-22-19-17-15-13-11-9-7-2/h39,41,44H,6-38H2,1-5H3/p+1/t39-,41?/m1/s1. The molecule has 310 valence electrons. The van der Waals surface area contributed by atoms with Gasteiger partial charge in [-0.05, 0) is 12.8 Å². The van der Waals surface area contributed by atoms with Crippen molar-refractivity contribution in [2.45, 2.75) is 219 Å². The van der Waals surface area contributed by atoms with Crippen molar-refractivity contribution < 1.29 is 42.4 Å². The average molecular weight is 763 g/mol. The van der Waals surface area contributed by atoms with Crippen molar-refractivity contribution in [2.75, 3.05) is 40.9 Å². The molecule has 0 fully saturated rings. The minimum atomic E-state index is -4.66. The summed E-state index contributed by atoms with van der Waals surface area (Å²) in [5.41, 5.74) is 0. The number of Topliss-reactive ketones (excluding diaryl/α,β-unsaturated/α-hetero) is 1. The first-order valence-corrected chi connectivity index (χ1v) is 23.2. The summed E-state index contributed by atoms with van der Waals surface area (Å²) in [5.74, 6) is -0.690. The summed E-state index contributed by atoms with van der Waals surface area (Å²) < 4.78 is 29.1. The van der Waals surface area contributed by atoms with E-state index in [0.717, 1.165) is 25.7 Å². The van der Waals surface area contributed by atoms with Gasteiger partial charge in [0.2, 0.25) is 0 Å². The third-order valence-corrected chi connectivity index (χ3v) is 10.8. The van der Waals surface area contributed by atoms with Crippen molar-refractivity contribution >= 4 is 19.6 Å². The topological polar surface area (TPSA) is 119 Å². The monoisotopic (exact) mass is 763 g/mol. The molecule has 0 amide bonds. The number of likely N-dealkylation sites (N-methyl/N-ethyl adjacent to an activating group) is 1. The fourth-order valence-corrected chi connectivity index (χ4v) is 7.47. The van der Waals surface area contributed by atoms with Gasteiger partial charge >= 0.3 is 13.8 Å². The predicted molar refractivity (Wildman–Crippen MR) is 215 cm³/mol. The molecule has 2 N–H and O–H groups in total. The molecule has 0 aromatic rings. The molecule has 0 spiro atoms. The van der Waals surface area contributed by atoms with Crippen molar-refractivity contribution in [1.29, 1.82) is 0 Å². The van der Waals surface area contributed by atoms with E-state index in [4.69, 9.17) is 13.8 Å². The quantitative estimate of drug-likeness (QED) is 0.0274. The molecule has 0 heterocycles. The van der Waals surface area contributed by atoms with Crippen molar-refractivity contribution in [2.24, 2.45) is 0 Å². The van der Waals surface area contributed by atoms with Gasteiger partial charge in [-0.1, -0.05) is 181 Å². The Kier molecular flexibility index (Phi) is 34.1. The van der Waals surface area contributed by atoms with E-state index in [-0.39, 0.29) is 25.2 Å². The Labute approximate surface area is 320 Å². The molecule has 0 aliphatic rings. The zero-order chi connectivity index (χ0) is 38.8. The molecule has 2 unspecified atom stereocenters. The van der Waals surface area contributed by atoms with Crippen LogP contribution in [0.2, 0.25) is 0 Å². The average Bonchev–Trinajstić information content (AvgIpc) is 3.09. The lowest BCUT2D eigenvalue weighted by molar-refractivity contribution is -0.872. The zero-order valence-electron chi connectivity index (χ0n) is 34.7. The van der Waals surface area contributed by atoms with Crippen LogP contribution in [0.15, 0.2) is 0 Å². The molecule has 3 atom stereocenters. The maximum absolute atomic E-state index is 13.1. The highest BCUT2D eigenvalue weighted by Crippen LogP contribution is 2.45. The Morgan fingerprint density at radius 1 is 0.577 bits per heavy atom. The number of carbonyl (C=O) groups excluding carboxylic acids is 2. The van der Waals surface area contributed by atoms with Crippen LogP contribution in [-0.4, -0.2) is 79.3 Å². The lowest BCUT2D eigenvalue weighted by Crippen LogP contribution is -2.45. The molecule has 52 heavy (non-hydrogen) atoms. The van der Waals surface area contributed by atoms with Gasteiger partial charge in [-0.25, -0.2) is 4.57 Å². The van der Waals surface area contributed by atoms with E-state index in [1.54, 1.807) is 0 Å². The van der Waals surface area contributed by atoms with Crippen LogP contribution in [0.1, 0.15) is 206 Å². The summed E-state index contributed by atoms with van der Waals surface area (Å²) in [5, 5.41) is 9.72. The third-order valence-electron chi connectivity index (χ3n) is 9.77. The molecule has 0 saturated heterocycles. The number of hydrogen-bond donors (Lipinski definition) is 2. The van der Waals surface area contributed by atoms with Crippen molar-refractivity contribution in [3.63, 3.8) is 0 Å². The van der Waals surface area contributed by atoms with E-state index in [0.29, 0.717) is 17.3 Å². The van der Waals surface area contributed by atoms with E-state index >= 15 is 0 Å². The fraction of sp³-hybridized carbons (Fsp3) is 0.952. The van der Waals surface area contributed by atoms with E-state index in [9.17, 15) is 24.2 Å². The molecule has 0 aromatic heterocycles.